The molecule has 0 radical (unpaired) electrons. The van der Waals surface area contributed by atoms with Gasteiger partial charge in [-0.25, -0.2) is 4.79 Å². The van der Waals surface area contributed by atoms with Gasteiger partial charge < -0.3 is 19.9 Å². The van der Waals surface area contributed by atoms with Crippen molar-refractivity contribution < 1.29 is 14.3 Å². The monoisotopic (exact) mass is 319 g/mol. The first-order valence-corrected chi connectivity index (χ1v) is 7.98. The Morgan fingerprint density at radius 3 is 2.52 bits per heavy atom. The third-order valence-electron chi connectivity index (χ3n) is 3.98. The number of piperazine rings is 1. The molecule has 1 saturated carbocycles. The summed E-state index contributed by atoms with van der Waals surface area (Å²) in [7, 11) is 0. The minimum absolute atomic E-state index is 0.0232. The zero-order valence-corrected chi connectivity index (χ0v) is 13.2. The number of carbonyl (C=O) groups excluding carboxylic acids is 2. The molecule has 1 aromatic heterocycles. The second-order valence-corrected chi connectivity index (χ2v) is 5.71. The molecular weight excluding hydrogens is 298 g/mol. The van der Waals surface area contributed by atoms with Crippen molar-refractivity contribution in [3.63, 3.8) is 0 Å². The van der Waals surface area contributed by atoms with Crippen LogP contribution in [-0.2, 0) is 9.53 Å². The highest BCUT2D eigenvalue weighted by atomic mass is 16.6. The first-order valence-electron chi connectivity index (χ1n) is 7.98. The fourth-order valence-corrected chi connectivity index (χ4v) is 2.47. The van der Waals surface area contributed by atoms with Crippen LogP contribution in [0.3, 0.4) is 0 Å². The fraction of sp³-hybridized carbons (Fsp3) is 0.600. The molecule has 1 saturated heterocycles. The predicted molar refractivity (Wildman–Crippen MR) is 84.2 cm³/mol. The van der Waals surface area contributed by atoms with Crippen LogP contribution in [0.15, 0.2) is 12.1 Å². The van der Waals surface area contributed by atoms with E-state index in [0.29, 0.717) is 38.6 Å². The summed E-state index contributed by atoms with van der Waals surface area (Å²) >= 11 is 0. The van der Waals surface area contributed by atoms with Crippen LogP contribution in [-0.4, -0.2) is 59.9 Å². The molecule has 2 aliphatic rings. The first-order chi connectivity index (χ1) is 11.2. The van der Waals surface area contributed by atoms with Crippen LogP contribution in [0.25, 0.3) is 0 Å². The van der Waals surface area contributed by atoms with Gasteiger partial charge in [-0.3, -0.25) is 4.79 Å². The fourth-order valence-electron chi connectivity index (χ4n) is 2.47. The molecule has 0 bridgehead atoms. The lowest BCUT2D eigenvalue weighted by Crippen LogP contribution is -2.49. The number of nitrogens with zero attached hydrogens (tertiary/aromatic N) is 4. The van der Waals surface area contributed by atoms with Gasteiger partial charge in [0.2, 0.25) is 5.91 Å². The van der Waals surface area contributed by atoms with Gasteiger partial charge in [-0.2, -0.15) is 0 Å². The summed E-state index contributed by atoms with van der Waals surface area (Å²) in [6.45, 7) is 4.75. The number of amides is 2. The number of carbonyl (C=O) groups is 2. The van der Waals surface area contributed by atoms with Crippen molar-refractivity contribution >= 4 is 23.6 Å². The SMILES string of the molecule is CCOC(=O)N1CCN(c2ccc(NC(=O)C3CC3)nn2)CC1. The number of hydrogen-bond acceptors (Lipinski definition) is 6. The van der Waals surface area contributed by atoms with Crippen LogP contribution in [0.2, 0.25) is 0 Å². The number of aromatic nitrogens is 2. The predicted octanol–water partition coefficient (Wildman–Crippen LogP) is 1.10. The van der Waals surface area contributed by atoms with E-state index in [-0.39, 0.29) is 17.9 Å². The second-order valence-electron chi connectivity index (χ2n) is 5.71. The Bertz CT molecular complexity index is 565. The average molecular weight is 319 g/mol. The highest BCUT2D eigenvalue weighted by molar-refractivity contribution is 5.93. The van der Waals surface area contributed by atoms with E-state index >= 15 is 0 Å². The van der Waals surface area contributed by atoms with Crippen LogP contribution in [0.4, 0.5) is 16.4 Å². The summed E-state index contributed by atoms with van der Waals surface area (Å²) < 4.78 is 5.00. The highest BCUT2D eigenvalue weighted by Crippen LogP contribution is 2.29. The minimum Gasteiger partial charge on any atom is -0.450 e. The van der Waals surface area contributed by atoms with Gasteiger partial charge in [0, 0.05) is 32.1 Å². The quantitative estimate of drug-likeness (QED) is 0.894. The van der Waals surface area contributed by atoms with E-state index < -0.39 is 0 Å². The Hall–Kier alpha value is -2.38. The van der Waals surface area contributed by atoms with Crippen molar-refractivity contribution in [1.82, 2.24) is 15.1 Å². The average Bonchev–Trinajstić information content (AvgIpc) is 3.41. The standard InChI is InChI=1S/C15H21N5O3/c1-2-23-15(22)20-9-7-19(8-10-20)13-6-5-12(17-18-13)16-14(21)11-3-4-11/h5-6,11H,2-4,7-10H2,1H3,(H,16,17,21). The summed E-state index contributed by atoms with van der Waals surface area (Å²) in [5.41, 5.74) is 0. The summed E-state index contributed by atoms with van der Waals surface area (Å²) in [5.74, 6) is 1.40. The molecule has 2 fully saturated rings. The number of rotatable bonds is 4. The lowest BCUT2D eigenvalue weighted by Gasteiger charge is -2.34. The van der Waals surface area contributed by atoms with Crippen LogP contribution < -0.4 is 10.2 Å². The smallest absolute Gasteiger partial charge is 0.409 e. The molecular formula is C15H21N5O3. The highest BCUT2D eigenvalue weighted by Gasteiger charge is 2.30. The molecule has 1 N–H and O–H groups in total. The molecule has 1 aliphatic heterocycles. The lowest BCUT2D eigenvalue weighted by atomic mass is 10.3. The van der Waals surface area contributed by atoms with Gasteiger partial charge in [0.15, 0.2) is 11.6 Å². The van der Waals surface area contributed by atoms with Gasteiger partial charge in [-0.1, -0.05) is 0 Å². The zero-order valence-electron chi connectivity index (χ0n) is 13.2. The molecule has 0 unspecified atom stereocenters. The Kier molecular flexibility index (Phi) is 4.59. The van der Waals surface area contributed by atoms with Crippen molar-refractivity contribution in [2.24, 2.45) is 5.92 Å². The van der Waals surface area contributed by atoms with Gasteiger partial charge in [0.1, 0.15) is 0 Å². The summed E-state index contributed by atoms with van der Waals surface area (Å²) in [4.78, 5) is 27.1. The Labute approximate surface area is 134 Å². The zero-order chi connectivity index (χ0) is 16.2. The van der Waals surface area contributed by atoms with Crippen LogP contribution in [0.1, 0.15) is 19.8 Å². The van der Waals surface area contributed by atoms with E-state index in [0.717, 1.165) is 18.7 Å². The largest absolute Gasteiger partial charge is 0.450 e. The molecule has 3 rings (SSSR count). The second kappa shape index (κ2) is 6.80. The van der Waals surface area contributed by atoms with Gasteiger partial charge in [-0.15, -0.1) is 10.2 Å². The van der Waals surface area contributed by atoms with Crippen molar-refractivity contribution in [3.05, 3.63) is 12.1 Å². The van der Waals surface area contributed by atoms with E-state index in [1.165, 1.54) is 0 Å². The molecule has 8 heteroatoms. The Morgan fingerprint density at radius 2 is 1.96 bits per heavy atom. The number of ether oxygens (including phenoxy) is 1. The summed E-state index contributed by atoms with van der Waals surface area (Å²) in [5, 5.41) is 11.0. The number of anilines is 2. The van der Waals surface area contributed by atoms with Crippen LogP contribution in [0.5, 0.6) is 0 Å². The molecule has 0 spiro atoms. The molecule has 23 heavy (non-hydrogen) atoms. The molecule has 2 heterocycles. The van der Waals surface area contributed by atoms with Gasteiger partial charge in [0.25, 0.3) is 0 Å². The van der Waals surface area contributed by atoms with Crippen molar-refractivity contribution in [2.75, 3.05) is 43.0 Å². The van der Waals surface area contributed by atoms with E-state index in [4.69, 9.17) is 4.74 Å². The molecule has 8 nitrogen and oxygen atoms in total. The van der Waals surface area contributed by atoms with Crippen LogP contribution >= 0.6 is 0 Å². The third kappa shape index (κ3) is 3.88. The van der Waals surface area contributed by atoms with E-state index in [9.17, 15) is 9.59 Å². The van der Waals surface area contributed by atoms with Crippen molar-refractivity contribution in [2.45, 2.75) is 19.8 Å². The van der Waals surface area contributed by atoms with Gasteiger partial charge >= 0.3 is 6.09 Å². The van der Waals surface area contributed by atoms with E-state index in [1.807, 2.05) is 6.07 Å². The number of hydrogen-bond donors (Lipinski definition) is 1. The normalized spacial score (nSPS) is 17.8. The molecule has 124 valence electrons. The Balaban J connectivity index is 1.52. The first kappa shape index (κ1) is 15.5. The summed E-state index contributed by atoms with van der Waals surface area (Å²) in [6.07, 6.45) is 1.65. The minimum atomic E-state index is -0.267. The van der Waals surface area contributed by atoms with Crippen molar-refractivity contribution in [1.29, 1.82) is 0 Å². The maximum absolute atomic E-state index is 11.7. The van der Waals surface area contributed by atoms with Crippen LogP contribution in [0, 0.1) is 5.92 Å². The molecule has 0 aromatic carbocycles. The van der Waals surface area contributed by atoms with Crippen molar-refractivity contribution in [3.8, 4) is 0 Å². The number of nitrogens with one attached hydrogen (secondary N) is 1. The van der Waals surface area contributed by atoms with E-state index in [1.54, 1.807) is 17.9 Å². The molecule has 1 aromatic rings. The molecule has 1 aliphatic carbocycles. The molecule has 0 atom stereocenters. The third-order valence-corrected chi connectivity index (χ3v) is 3.98. The topological polar surface area (TPSA) is 87.7 Å². The summed E-state index contributed by atoms with van der Waals surface area (Å²) in [6, 6.07) is 3.61. The maximum Gasteiger partial charge on any atom is 0.409 e. The Morgan fingerprint density at radius 1 is 1.22 bits per heavy atom. The van der Waals surface area contributed by atoms with E-state index in [2.05, 4.69) is 20.4 Å². The molecule has 2 amide bonds. The lowest BCUT2D eigenvalue weighted by molar-refractivity contribution is -0.117. The van der Waals surface area contributed by atoms with Gasteiger partial charge in [0.05, 0.1) is 6.61 Å². The maximum atomic E-state index is 11.7. The van der Waals surface area contributed by atoms with Gasteiger partial charge in [-0.05, 0) is 31.9 Å².